The molecule has 1 aromatic heterocycles. The number of carboxylic acid groups (broad SMARTS) is 1. The van der Waals surface area contributed by atoms with Gasteiger partial charge in [0.15, 0.2) is 5.75 Å². The van der Waals surface area contributed by atoms with Crippen LogP contribution in [0.2, 0.25) is 0 Å². The lowest BCUT2D eigenvalue weighted by atomic mass is 10.0. The number of ether oxygens (including phenoxy) is 1. The molecule has 1 aromatic carbocycles. The van der Waals surface area contributed by atoms with Gasteiger partial charge in [0.05, 0.1) is 6.20 Å². The van der Waals surface area contributed by atoms with Gasteiger partial charge in [-0.3, -0.25) is 4.98 Å². The van der Waals surface area contributed by atoms with Gasteiger partial charge in [-0.05, 0) is 36.1 Å². The fourth-order valence-corrected chi connectivity index (χ4v) is 1.96. The average molecular weight is 271 g/mol. The molecule has 1 N–H and O–H groups in total. The van der Waals surface area contributed by atoms with Crippen molar-refractivity contribution in [2.45, 2.75) is 26.7 Å². The highest BCUT2D eigenvalue weighted by molar-refractivity contribution is 5.90. The fraction of sp³-hybridized carbons (Fsp3) is 0.250. The van der Waals surface area contributed by atoms with Crippen molar-refractivity contribution in [3.63, 3.8) is 0 Å². The Morgan fingerprint density at radius 2 is 2.00 bits per heavy atom. The van der Waals surface area contributed by atoms with Gasteiger partial charge in [0.1, 0.15) is 11.3 Å². The number of hydrogen-bond acceptors (Lipinski definition) is 3. The van der Waals surface area contributed by atoms with Gasteiger partial charge in [0.25, 0.3) is 0 Å². The summed E-state index contributed by atoms with van der Waals surface area (Å²) in [5, 5.41) is 9.17. The van der Waals surface area contributed by atoms with Crippen LogP contribution in [-0.2, 0) is 0 Å². The zero-order valence-corrected chi connectivity index (χ0v) is 11.8. The lowest BCUT2D eigenvalue weighted by Crippen LogP contribution is -2.02. The molecule has 0 radical (unpaired) electrons. The number of pyridine rings is 1. The summed E-state index contributed by atoms with van der Waals surface area (Å²) in [7, 11) is 0. The average Bonchev–Trinajstić information content (AvgIpc) is 2.38. The van der Waals surface area contributed by atoms with Crippen LogP contribution in [-0.4, -0.2) is 16.1 Å². The quantitative estimate of drug-likeness (QED) is 0.912. The van der Waals surface area contributed by atoms with E-state index in [4.69, 9.17) is 9.84 Å². The number of carbonyl (C=O) groups is 1. The number of rotatable bonds is 4. The van der Waals surface area contributed by atoms with Crippen LogP contribution in [0.1, 0.15) is 41.3 Å². The highest BCUT2D eigenvalue weighted by Crippen LogP contribution is 2.32. The number of aromatic nitrogens is 1. The minimum Gasteiger partial charge on any atom is -0.478 e. The Balaban J connectivity index is 2.45. The number of benzene rings is 1. The highest BCUT2D eigenvalue weighted by Gasteiger charge is 2.14. The molecule has 20 heavy (non-hydrogen) atoms. The predicted molar refractivity (Wildman–Crippen MR) is 76.5 cm³/mol. The van der Waals surface area contributed by atoms with E-state index in [-0.39, 0.29) is 17.2 Å². The van der Waals surface area contributed by atoms with Gasteiger partial charge >= 0.3 is 5.97 Å². The Bertz CT molecular complexity index is 635. The van der Waals surface area contributed by atoms with Crippen molar-refractivity contribution in [3.8, 4) is 11.5 Å². The molecule has 0 atom stereocenters. The van der Waals surface area contributed by atoms with Crippen LogP contribution >= 0.6 is 0 Å². The van der Waals surface area contributed by atoms with Gasteiger partial charge in [-0.2, -0.15) is 0 Å². The van der Waals surface area contributed by atoms with Crippen LogP contribution < -0.4 is 4.74 Å². The largest absolute Gasteiger partial charge is 0.478 e. The molecule has 2 rings (SSSR count). The molecule has 0 aliphatic heterocycles. The molecule has 4 nitrogen and oxygen atoms in total. The second kappa shape index (κ2) is 5.74. The molecule has 0 saturated heterocycles. The molecule has 0 amide bonds. The van der Waals surface area contributed by atoms with E-state index in [0.717, 1.165) is 11.1 Å². The van der Waals surface area contributed by atoms with E-state index in [0.29, 0.717) is 5.75 Å². The van der Waals surface area contributed by atoms with Crippen LogP contribution in [0.25, 0.3) is 0 Å². The Hall–Kier alpha value is -2.36. The summed E-state index contributed by atoms with van der Waals surface area (Å²) in [4.78, 5) is 15.1. The normalized spacial score (nSPS) is 10.6. The minimum atomic E-state index is -1.03. The van der Waals surface area contributed by atoms with Crippen molar-refractivity contribution in [3.05, 3.63) is 53.3 Å². The lowest BCUT2D eigenvalue weighted by Gasteiger charge is -2.15. The van der Waals surface area contributed by atoms with Crippen molar-refractivity contribution in [1.82, 2.24) is 4.98 Å². The van der Waals surface area contributed by atoms with Crippen LogP contribution in [0.3, 0.4) is 0 Å². The molecule has 0 bridgehead atoms. The Kier molecular flexibility index (Phi) is 4.03. The second-order valence-corrected chi connectivity index (χ2v) is 4.98. The van der Waals surface area contributed by atoms with Gasteiger partial charge in [-0.1, -0.05) is 26.0 Å². The predicted octanol–water partition coefficient (Wildman–Crippen LogP) is 4.00. The molecule has 0 spiro atoms. The maximum Gasteiger partial charge on any atom is 0.339 e. The minimum absolute atomic E-state index is 0.108. The van der Waals surface area contributed by atoms with Gasteiger partial charge in [-0.15, -0.1) is 0 Å². The van der Waals surface area contributed by atoms with Gasteiger partial charge < -0.3 is 9.84 Å². The summed E-state index contributed by atoms with van der Waals surface area (Å²) < 4.78 is 5.80. The molecule has 4 heteroatoms. The first kappa shape index (κ1) is 14.1. The van der Waals surface area contributed by atoms with E-state index in [9.17, 15) is 4.79 Å². The molecule has 0 aliphatic rings. The first-order valence-electron chi connectivity index (χ1n) is 6.44. The van der Waals surface area contributed by atoms with E-state index >= 15 is 0 Å². The van der Waals surface area contributed by atoms with Gasteiger partial charge in [0.2, 0.25) is 0 Å². The van der Waals surface area contributed by atoms with Crippen molar-refractivity contribution in [1.29, 1.82) is 0 Å². The maximum atomic E-state index is 11.2. The zero-order chi connectivity index (χ0) is 14.7. The van der Waals surface area contributed by atoms with E-state index in [2.05, 4.69) is 18.8 Å². The smallest absolute Gasteiger partial charge is 0.339 e. The first-order valence-corrected chi connectivity index (χ1v) is 6.44. The Morgan fingerprint density at radius 1 is 1.25 bits per heavy atom. The third kappa shape index (κ3) is 2.96. The second-order valence-electron chi connectivity index (χ2n) is 4.98. The number of carboxylic acids is 1. The van der Waals surface area contributed by atoms with Gasteiger partial charge in [-0.25, -0.2) is 4.79 Å². The SMILES string of the molecule is Cc1ccc(C(C)C)c(Oc2cnccc2C(=O)O)c1. The molecule has 104 valence electrons. The van der Waals surface area contributed by atoms with E-state index < -0.39 is 5.97 Å². The summed E-state index contributed by atoms with van der Waals surface area (Å²) >= 11 is 0. The highest BCUT2D eigenvalue weighted by atomic mass is 16.5. The number of nitrogens with zero attached hydrogens (tertiary/aromatic N) is 1. The van der Waals surface area contributed by atoms with Crippen molar-refractivity contribution >= 4 is 5.97 Å². The number of aromatic carboxylic acids is 1. The lowest BCUT2D eigenvalue weighted by molar-refractivity contribution is 0.0694. The van der Waals surface area contributed by atoms with Crippen molar-refractivity contribution in [2.24, 2.45) is 0 Å². The third-order valence-corrected chi connectivity index (χ3v) is 3.03. The van der Waals surface area contributed by atoms with Crippen LogP contribution in [0.4, 0.5) is 0 Å². The third-order valence-electron chi connectivity index (χ3n) is 3.03. The van der Waals surface area contributed by atoms with Crippen LogP contribution in [0.15, 0.2) is 36.7 Å². The molecular formula is C16H17NO3. The molecule has 1 heterocycles. The summed E-state index contributed by atoms with van der Waals surface area (Å²) in [6.07, 6.45) is 2.87. The summed E-state index contributed by atoms with van der Waals surface area (Å²) in [5.41, 5.74) is 2.21. The number of hydrogen-bond donors (Lipinski definition) is 1. The maximum absolute atomic E-state index is 11.2. The molecule has 0 fully saturated rings. The van der Waals surface area contributed by atoms with E-state index in [1.165, 1.54) is 18.5 Å². The van der Waals surface area contributed by atoms with E-state index in [1.54, 1.807) is 0 Å². The van der Waals surface area contributed by atoms with Crippen LogP contribution in [0, 0.1) is 6.92 Å². The van der Waals surface area contributed by atoms with Crippen molar-refractivity contribution < 1.29 is 14.6 Å². The topological polar surface area (TPSA) is 59.4 Å². The van der Waals surface area contributed by atoms with E-state index in [1.807, 2.05) is 25.1 Å². The monoisotopic (exact) mass is 271 g/mol. The van der Waals surface area contributed by atoms with Crippen molar-refractivity contribution in [2.75, 3.05) is 0 Å². The Morgan fingerprint density at radius 3 is 2.65 bits per heavy atom. The standard InChI is InChI=1S/C16H17NO3/c1-10(2)12-5-4-11(3)8-14(12)20-15-9-17-7-6-13(15)16(18)19/h4-10H,1-3H3,(H,18,19). The van der Waals surface area contributed by atoms with Crippen LogP contribution in [0.5, 0.6) is 11.5 Å². The summed E-state index contributed by atoms with van der Waals surface area (Å²) in [6.45, 7) is 6.11. The number of aryl methyl sites for hydroxylation is 1. The molecule has 0 saturated carbocycles. The van der Waals surface area contributed by atoms with Gasteiger partial charge in [0, 0.05) is 6.20 Å². The molecule has 0 unspecified atom stereocenters. The Labute approximate surface area is 118 Å². The zero-order valence-electron chi connectivity index (χ0n) is 11.8. The summed E-state index contributed by atoms with van der Waals surface area (Å²) in [6, 6.07) is 7.37. The molecule has 2 aromatic rings. The molecule has 0 aliphatic carbocycles. The first-order chi connectivity index (χ1) is 9.49. The molecular weight excluding hydrogens is 254 g/mol. The summed E-state index contributed by atoms with van der Waals surface area (Å²) in [5.74, 6) is 0.194. The fourth-order valence-electron chi connectivity index (χ4n) is 1.96.